The number of benzene rings is 2. The van der Waals surface area contributed by atoms with Gasteiger partial charge in [-0.2, -0.15) is 4.68 Å². The quantitative estimate of drug-likeness (QED) is 0.680. The van der Waals surface area contributed by atoms with Crippen LogP contribution in [0.1, 0.15) is 28.9 Å². The Labute approximate surface area is 134 Å². The van der Waals surface area contributed by atoms with E-state index in [-0.39, 0.29) is 5.25 Å². The Kier molecular flexibility index (Phi) is 4.24. The van der Waals surface area contributed by atoms with Gasteiger partial charge in [0.05, 0.1) is 5.69 Å². The van der Waals surface area contributed by atoms with Crippen molar-refractivity contribution in [3.05, 3.63) is 65.2 Å². The number of hydrogen-bond donors (Lipinski definition) is 0. The molecule has 0 amide bonds. The van der Waals surface area contributed by atoms with E-state index in [1.165, 1.54) is 16.7 Å². The molecule has 0 radical (unpaired) electrons. The van der Waals surface area contributed by atoms with E-state index in [0.717, 1.165) is 10.8 Å². The third kappa shape index (κ3) is 2.90. The molecular weight excluding hydrogens is 292 g/mol. The SMILES string of the molecule is Cc1cccc(-n2nnnc2S[C@@H](C)c2ccccc2)c1C. The van der Waals surface area contributed by atoms with Crippen LogP contribution in [0.4, 0.5) is 0 Å². The molecule has 3 aromatic rings. The first-order valence-corrected chi connectivity index (χ1v) is 8.11. The van der Waals surface area contributed by atoms with E-state index in [1.807, 2.05) is 16.8 Å². The molecule has 0 N–H and O–H groups in total. The summed E-state index contributed by atoms with van der Waals surface area (Å²) in [6.07, 6.45) is 0. The molecule has 0 aliphatic rings. The zero-order valence-electron chi connectivity index (χ0n) is 12.9. The van der Waals surface area contributed by atoms with Crippen LogP contribution in [0.15, 0.2) is 53.7 Å². The monoisotopic (exact) mass is 310 g/mol. The van der Waals surface area contributed by atoms with Gasteiger partial charge in [0.25, 0.3) is 0 Å². The fourth-order valence-corrected chi connectivity index (χ4v) is 3.25. The normalized spacial score (nSPS) is 12.3. The van der Waals surface area contributed by atoms with E-state index >= 15 is 0 Å². The molecule has 0 fully saturated rings. The fraction of sp³-hybridized carbons (Fsp3) is 0.235. The van der Waals surface area contributed by atoms with Crippen molar-refractivity contribution in [3.8, 4) is 5.69 Å². The Morgan fingerprint density at radius 3 is 2.55 bits per heavy atom. The molecule has 5 heteroatoms. The summed E-state index contributed by atoms with van der Waals surface area (Å²) < 4.78 is 1.83. The fourth-order valence-electron chi connectivity index (χ4n) is 2.32. The lowest BCUT2D eigenvalue weighted by atomic mass is 10.1. The van der Waals surface area contributed by atoms with Gasteiger partial charge in [0.2, 0.25) is 5.16 Å². The lowest BCUT2D eigenvalue weighted by molar-refractivity contribution is 0.749. The number of thioether (sulfide) groups is 1. The number of rotatable bonds is 4. The van der Waals surface area contributed by atoms with Crippen molar-refractivity contribution < 1.29 is 0 Å². The highest BCUT2D eigenvalue weighted by Gasteiger charge is 2.16. The highest BCUT2D eigenvalue weighted by atomic mass is 32.2. The van der Waals surface area contributed by atoms with Crippen molar-refractivity contribution in [2.45, 2.75) is 31.2 Å². The van der Waals surface area contributed by atoms with Crippen molar-refractivity contribution in [2.75, 3.05) is 0 Å². The summed E-state index contributed by atoms with van der Waals surface area (Å²) in [6.45, 7) is 6.37. The smallest absolute Gasteiger partial charge is 0.187 e. The van der Waals surface area contributed by atoms with Crippen LogP contribution in [0.3, 0.4) is 0 Å². The van der Waals surface area contributed by atoms with E-state index in [9.17, 15) is 0 Å². The second kappa shape index (κ2) is 6.32. The number of nitrogens with zero attached hydrogens (tertiary/aromatic N) is 4. The molecule has 0 bridgehead atoms. The van der Waals surface area contributed by atoms with Gasteiger partial charge in [-0.25, -0.2) is 0 Å². The van der Waals surface area contributed by atoms with Crippen LogP contribution < -0.4 is 0 Å². The maximum absolute atomic E-state index is 4.19. The van der Waals surface area contributed by atoms with E-state index in [0.29, 0.717) is 0 Å². The molecule has 0 saturated heterocycles. The van der Waals surface area contributed by atoms with E-state index in [1.54, 1.807) is 11.8 Å². The van der Waals surface area contributed by atoms with Crippen molar-refractivity contribution in [1.82, 2.24) is 20.2 Å². The second-order valence-corrected chi connectivity index (χ2v) is 6.57. The average molecular weight is 310 g/mol. The summed E-state index contributed by atoms with van der Waals surface area (Å²) in [4.78, 5) is 0. The molecule has 3 rings (SSSR count). The minimum absolute atomic E-state index is 0.288. The predicted octanol–water partition coefficient (Wildman–Crippen LogP) is 4.13. The lowest BCUT2D eigenvalue weighted by Gasteiger charge is -2.13. The van der Waals surface area contributed by atoms with Crippen molar-refractivity contribution in [3.63, 3.8) is 0 Å². The van der Waals surface area contributed by atoms with E-state index in [4.69, 9.17) is 0 Å². The Balaban J connectivity index is 1.91. The number of aromatic nitrogens is 4. The van der Waals surface area contributed by atoms with Gasteiger partial charge >= 0.3 is 0 Å². The van der Waals surface area contributed by atoms with Crippen LogP contribution in [-0.2, 0) is 0 Å². The van der Waals surface area contributed by atoms with Crippen molar-refractivity contribution in [2.24, 2.45) is 0 Å². The first-order chi connectivity index (χ1) is 10.7. The maximum atomic E-state index is 4.19. The second-order valence-electron chi connectivity index (χ2n) is 5.26. The third-order valence-electron chi connectivity index (χ3n) is 3.80. The lowest BCUT2D eigenvalue weighted by Crippen LogP contribution is -2.03. The summed E-state index contributed by atoms with van der Waals surface area (Å²) in [6, 6.07) is 16.6. The van der Waals surface area contributed by atoms with Crippen LogP contribution in [0.2, 0.25) is 0 Å². The summed E-state index contributed by atoms with van der Waals surface area (Å²) in [5.74, 6) is 0. The first kappa shape index (κ1) is 14.8. The molecular formula is C17H18N4S. The maximum Gasteiger partial charge on any atom is 0.214 e. The highest BCUT2D eigenvalue weighted by Crippen LogP contribution is 2.34. The van der Waals surface area contributed by atoms with Gasteiger partial charge in [0.15, 0.2) is 0 Å². The minimum atomic E-state index is 0.288. The molecule has 1 heterocycles. The summed E-state index contributed by atoms with van der Waals surface area (Å²) in [5.41, 5.74) is 4.74. The molecule has 112 valence electrons. The van der Waals surface area contributed by atoms with Crippen molar-refractivity contribution >= 4 is 11.8 Å². The van der Waals surface area contributed by atoms with Crippen LogP contribution in [0.5, 0.6) is 0 Å². The molecule has 1 aromatic heterocycles. The van der Waals surface area contributed by atoms with Gasteiger partial charge < -0.3 is 0 Å². The van der Waals surface area contributed by atoms with Crippen LogP contribution >= 0.6 is 11.8 Å². The molecule has 22 heavy (non-hydrogen) atoms. The first-order valence-electron chi connectivity index (χ1n) is 7.23. The number of aryl methyl sites for hydroxylation is 1. The highest BCUT2D eigenvalue weighted by molar-refractivity contribution is 7.99. The molecule has 1 atom stereocenters. The van der Waals surface area contributed by atoms with Gasteiger partial charge in [-0.3, -0.25) is 0 Å². The molecule has 0 saturated carbocycles. The van der Waals surface area contributed by atoms with Gasteiger partial charge in [0.1, 0.15) is 0 Å². The summed E-state index contributed by atoms with van der Waals surface area (Å²) >= 11 is 1.67. The van der Waals surface area contributed by atoms with Crippen LogP contribution in [0.25, 0.3) is 5.69 Å². The molecule has 4 nitrogen and oxygen atoms in total. The van der Waals surface area contributed by atoms with E-state index in [2.05, 4.69) is 72.7 Å². The predicted molar refractivity (Wildman–Crippen MR) is 89.3 cm³/mol. The van der Waals surface area contributed by atoms with Gasteiger partial charge in [-0.15, -0.1) is 5.10 Å². The van der Waals surface area contributed by atoms with Crippen LogP contribution in [0, 0.1) is 13.8 Å². The molecule has 0 aliphatic carbocycles. The topological polar surface area (TPSA) is 43.6 Å². The van der Waals surface area contributed by atoms with E-state index < -0.39 is 0 Å². The summed E-state index contributed by atoms with van der Waals surface area (Å²) in [7, 11) is 0. The zero-order chi connectivity index (χ0) is 15.5. The standard InChI is InChI=1S/C17H18N4S/c1-12-8-7-11-16(13(12)2)21-17(18-19-20-21)22-14(3)15-9-5-4-6-10-15/h4-11,14H,1-3H3/t14-/m0/s1. The Hall–Kier alpha value is -2.14. The average Bonchev–Trinajstić information content (AvgIpc) is 2.99. The van der Waals surface area contributed by atoms with Crippen molar-refractivity contribution in [1.29, 1.82) is 0 Å². The zero-order valence-corrected chi connectivity index (χ0v) is 13.7. The Bertz CT molecular complexity index is 767. The van der Waals surface area contributed by atoms with Gasteiger partial charge in [-0.05, 0) is 54.0 Å². The van der Waals surface area contributed by atoms with Gasteiger partial charge in [-0.1, -0.05) is 54.2 Å². The summed E-state index contributed by atoms with van der Waals surface area (Å²) in [5, 5.41) is 13.3. The van der Waals surface area contributed by atoms with Crippen LogP contribution in [-0.4, -0.2) is 20.2 Å². The molecule has 0 spiro atoms. The van der Waals surface area contributed by atoms with Gasteiger partial charge in [0, 0.05) is 5.25 Å². The molecule has 0 aliphatic heterocycles. The molecule has 2 aromatic carbocycles. The Morgan fingerprint density at radius 2 is 1.77 bits per heavy atom. The minimum Gasteiger partial charge on any atom is -0.187 e. The number of hydrogen-bond acceptors (Lipinski definition) is 4. The largest absolute Gasteiger partial charge is 0.214 e. The third-order valence-corrected chi connectivity index (χ3v) is 4.89. The number of tetrazole rings is 1. The molecule has 0 unspecified atom stereocenters. The Morgan fingerprint density at radius 1 is 1.00 bits per heavy atom.